The van der Waals surface area contributed by atoms with E-state index >= 15 is 0 Å². The molecule has 11 heteroatoms. The number of ether oxygens (including phenoxy) is 1. The SMILES string of the molecule is Nc1nc(=O)c2nc([C@@H]3O[C@H](CO)[C@@H](O)[C@H]3O)c(=O)[nH]c2[nH]1. The van der Waals surface area contributed by atoms with Crippen LogP contribution in [0.3, 0.4) is 0 Å². The van der Waals surface area contributed by atoms with E-state index in [1.807, 2.05) is 0 Å². The molecule has 3 heterocycles. The molecule has 2 aromatic heterocycles. The fourth-order valence-electron chi connectivity index (χ4n) is 2.35. The summed E-state index contributed by atoms with van der Waals surface area (Å²) in [4.78, 5) is 36.0. The molecule has 1 aliphatic rings. The summed E-state index contributed by atoms with van der Waals surface area (Å²) in [7, 11) is 0. The lowest BCUT2D eigenvalue weighted by atomic mass is 10.1. The van der Waals surface area contributed by atoms with Crippen molar-refractivity contribution < 1.29 is 20.1 Å². The number of aliphatic hydroxyl groups excluding tert-OH is 3. The maximum atomic E-state index is 12.1. The lowest BCUT2D eigenvalue weighted by Crippen LogP contribution is -2.33. The Labute approximate surface area is 121 Å². The van der Waals surface area contributed by atoms with Crippen molar-refractivity contribution in [1.82, 2.24) is 19.9 Å². The summed E-state index contributed by atoms with van der Waals surface area (Å²) in [5.74, 6) is -0.185. The van der Waals surface area contributed by atoms with Crippen LogP contribution in [0.1, 0.15) is 11.8 Å². The van der Waals surface area contributed by atoms with Crippen LogP contribution < -0.4 is 16.9 Å². The van der Waals surface area contributed by atoms with E-state index in [1.54, 1.807) is 0 Å². The Balaban J connectivity index is 2.14. The predicted molar refractivity (Wildman–Crippen MR) is 71.9 cm³/mol. The first-order chi connectivity index (χ1) is 10.4. The number of nitrogens with one attached hydrogen (secondary N) is 2. The third-order valence-corrected chi connectivity index (χ3v) is 3.43. The van der Waals surface area contributed by atoms with Crippen LogP contribution in [0.5, 0.6) is 0 Å². The number of aliphatic hydroxyl groups is 3. The molecule has 0 aromatic carbocycles. The second-order valence-corrected chi connectivity index (χ2v) is 4.86. The third kappa shape index (κ3) is 2.16. The molecule has 118 valence electrons. The number of anilines is 1. The number of aromatic amines is 2. The first kappa shape index (κ1) is 14.6. The summed E-state index contributed by atoms with van der Waals surface area (Å²) in [6.07, 6.45) is -5.18. The van der Waals surface area contributed by atoms with Gasteiger partial charge in [-0.25, -0.2) is 4.98 Å². The standard InChI is InChI=1S/C11H13N5O6/c12-11-15-8-4(10(21)16-11)13-3(9(20)14-8)7-6(19)5(18)2(1-17)22-7/h2,5-7,17-19H,1H2,(H4,12,14,15,16,20,21)/t2-,5-,6-,7+/m1/s1. The van der Waals surface area contributed by atoms with Crippen LogP contribution in [-0.2, 0) is 4.74 Å². The summed E-state index contributed by atoms with van der Waals surface area (Å²) in [6, 6.07) is 0. The van der Waals surface area contributed by atoms with Gasteiger partial charge in [0.25, 0.3) is 5.56 Å². The number of aromatic nitrogens is 4. The zero-order chi connectivity index (χ0) is 16.0. The lowest BCUT2D eigenvalue weighted by molar-refractivity contribution is -0.0242. The number of fused-ring (bicyclic) bond motifs is 1. The van der Waals surface area contributed by atoms with E-state index in [0.717, 1.165) is 0 Å². The number of rotatable bonds is 2. The molecule has 7 N–H and O–H groups in total. The number of hydrogen-bond acceptors (Lipinski definition) is 9. The second kappa shape index (κ2) is 5.14. The van der Waals surface area contributed by atoms with Gasteiger partial charge < -0.3 is 35.8 Å². The van der Waals surface area contributed by atoms with Crippen LogP contribution in [-0.4, -0.2) is 60.2 Å². The highest BCUT2D eigenvalue weighted by molar-refractivity contribution is 5.69. The molecule has 1 fully saturated rings. The van der Waals surface area contributed by atoms with Gasteiger partial charge in [0.2, 0.25) is 5.95 Å². The van der Waals surface area contributed by atoms with E-state index in [-0.39, 0.29) is 22.8 Å². The lowest BCUT2D eigenvalue weighted by Gasteiger charge is -2.13. The van der Waals surface area contributed by atoms with Crippen molar-refractivity contribution in [3.63, 3.8) is 0 Å². The molecule has 4 atom stereocenters. The minimum atomic E-state index is -1.47. The summed E-state index contributed by atoms with van der Waals surface area (Å²) in [5.41, 5.74) is 3.36. The zero-order valence-corrected chi connectivity index (χ0v) is 11.1. The number of nitrogens with two attached hydrogens (primary N) is 1. The van der Waals surface area contributed by atoms with Gasteiger partial charge in [0.15, 0.2) is 5.52 Å². The van der Waals surface area contributed by atoms with Gasteiger partial charge in [-0.05, 0) is 0 Å². The fourth-order valence-corrected chi connectivity index (χ4v) is 2.35. The van der Waals surface area contributed by atoms with Crippen molar-refractivity contribution in [3.8, 4) is 0 Å². The van der Waals surface area contributed by atoms with Gasteiger partial charge in [-0.15, -0.1) is 0 Å². The Morgan fingerprint density at radius 1 is 1.18 bits per heavy atom. The monoisotopic (exact) mass is 311 g/mol. The van der Waals surface area contributed by atoms with Crippen molar-refractivity contribution in [2.75, 3.05) is 12.3 Å². The second-order valence-electron chi connectivity index (χ2n) is 4.86. The van der Waals surface area contributed by atoms with Crippen molar-refractivity contribution in [2.24, 2.45) is 0 Å². The average molecular weight is 311 g/mol. The normalized spacial score (nSPS) is 28.3. The largest absolute Gasteiger partial charge is 0.394 e. The van der Waals surface area contributed by atoms with Crippen LogP contribution in [0.4, 0.5) is 5.95 Å². The minimum absolute atomic E-state index is 0.0157. The van der Waals surface area contributed by atoms with Crippen LogP contribution in [0.15, 0.2) is 9.59 Å². The molecule has 0 aliphatic carbocycles. The average Bonchev–Trinajstić information content (AvgIpc) is 2.74. The molecule has 1 saturated heterocycles. The predicted octanol–water partition coefficient (Wildman–Crippen LogP) is -3.26. The van der Waals surface area contributed by atoms with Crippen molar-refractivity contribution in [1.29, 1.82) is 0 Å². The number of nitrogens with zero attached hydrogens (tertiary/aromatic N) is 2. The van der Waals surface area contributed by atoms with E-state index in [4.69, 9.17) is 15.6 Å². The molecule has 3 rings (SSSR count). The molecule has 0 saturated carbocycles. The van der Waals surface area contributed by atoms with E-state index < -0.39 is 42.1 Å². The molecule has 0 unspecified atom stereocenters. The fraction of sp³-hybridized carbons (Fsp3) is 0.455. The zero-order valence-electron chi connectivity index (χ0n) is 11.1. The van der Waals surface area contributed by atoms with E-state index in [9.17, 15) is 19.8 Å². The highest BCUT2D eigenvalue weighted by Crippen LogP contribution is 2.31. The topological polar surface area (TPSA) is 187 Å². The summed E-state index contributed by atoms with van der Waals surface area (Å²) < 4.78 is 5.22. The minimum Gasteiger partial charge on any atom is -0.394 e. The number of hydrogen-bond donors (Lipinski definition) is 6. The Hall–Kier alpha value is -2.34. The van der Waals surface area contributed by atoms with Crippen molar-refractivity contribution >= 4 is 17.1 Å². The first-order valence-corrected chi connectivity index (χ1v) is 6.34. The molecule has 0 radical (unpaired) electrons. The van der Waals surface area contributed by atoms with Gasteiger partial charge in [-0.1, -0.05) is 0 Å². The Kier molecular flexibility index (Phi) is 3.41. The van der Waals surface area contributed by atoms with Gasteiger partial charge >= 0.3 is 5.56 Å². The van der Waals surface area contributed by atoms with Crippen LogP contribution in [0.25, 0.3) is 11.2 Å². The van der Waals surface area contributed by atoms with Crippen molar-refractivity contribution in [2.45, 2.75) is 24.4 Å². The maximum Gasteiger partial charge on any atom is 0.302 e. The Morgan fingerprint density at radius 2 is 1.91 bits per heavy atom. The van der Waals surface area contributed by atoms with Crippen LogP contribution in [0.2, 0.25) is 0 Å². The number of H-pyrrole nitrogens is 2. The van der Waals surface area contributed by atoms with Gasteiger partial charge in [-0.2, -0.15) is 4.98 Å². The summed E-state index contributed by atoms with van der Waals surface area (Å²) in [6.45, 7) is -0.543. The molecular formula is C11H13N5O6. The molecule has 1 aliphatic heterocycles. The molecule has 2 aromatic rings. The maximum absolute atomic E-state index is 12.1. The highest BCUT2D eigenvalue weighted by atomic mass is 16.6. The Morgan fingerprint density at radius 3 is 2.55 bits per heavy atom. The molecule has 0 amide bonds. The van der Waals surface area contributed by atoms with Crippen molar-refractivity contribution in [3.05, 3.63) is 26.4 Å². The molecular weight excluding hydrogens is 298 g/mol. The van der Waals surface area contributed by atoms with E-state index in [0.29, 0.717) is 0 Å². The highest BCUT2D eigenvalue weighted by Gasteiger charge is 2.45. The summed E-state index contributed by atoms with van der Waals surface area (Å²) >= 11 is 0. The van der Waals surface area contributed by atoms with E-state index in [2.05, 4.69) is 19.9 Å². The molecule has 0 spiro atoms. The van der Waals surface area contributed by atoms with Gasteiger partial charge in [0.1, 0.15) is 35.8 Å². The van der Waals surface area contributed by atoms with Gasteiger partial charge in [-0.3, -0.25) is 9.59 Å². The molecule has 11 nitrogen and oxygen atoms in total. The quantitative estimate of drug-likeness (QED) is 0.331. The smallest absolute Gasteiger partial charge is 0.302 e. The van der Waals surface area contributed by atoms with Gasteiger partial charge in [0, 0.05) is 0 Å². The van der Waals surface area contributed by atoms with Gasteiger partial charge in [0.05, 0.1) is 6.61 Å². The van der Waals surface area contributed by atoms with E-state index in [1.165, 1.54) is 0 Å². The third-order valence-electron chi connectivity index (χ3n) is 3.43. The first-order valence-electron chi connectivity index (χ1n) is 6.34. The van der Waals surface area contributed by atoms with Crippen LogP contribution in [0, 0.1) is 0 Å². The molecule has 0 bridgehead atoms. The Bertz CT molecular complexity index is 832. The molecule has 22 heavy (non-hydrogen) atoms. The van der Waals surface area contributed by atoms with Crippen LogP contribution >= 0.6 is 0 Å². The summed E-state index contributed by atoms with van der Waals surface area (Å²) in [5, 5.41) is 28.7. The number of nitrogen functional groups attached to an aromatic ring is 1.